The van der Waals surface area contributed by atoms with Gasteiger partial charge in [0, 0.05) is 5.39 Å². The van der Waals surface area contributed by atoms with Crippen LogP contribution in [-0.4, -0.2) is 18.5 Å². The predicted octanol–water partition coefficient (Wildman–Crippen LogP) is 4.10. The van der Waals surface area contributed by atoms with Crippen LogP contribution in [0.15, 0.2) is 34.7 Å². The van der Waals surface area contributed by atoms with Gasteiger partial charge in [0.1, 0.15) is 21.5 Å². The maximum absolute atomic E-state index is 12.4. The van der Waals surface area contributed by atoms with Crippen molar-refractivity contribution in [2.24, 2.45) is 0 Å². The molecule has 0 aliphatic heterocycles. The summed E-state index contributed by atoms with van der Waals surface area (Å²) in [5.41, 5.74) is 1.34. The number of para-hydroxylation sites is 1. The third kappa shape index (κ3) is 3.12. The number of esters is 1. The number of furan rings is 1. The van der Waals surface area contributed by atoms with Crippen LogP contribution in [0.4, 0.5) is 5.00 Å². The number of benzene rings is 1. The van der Waals surface area contributed by atoms with Gasteiger partial charge in [-0.05, 0) is 31.5 Å². The van der Waals surface area contributed by atoms with E-state index in [-0.39, 0.29) is 17.9 Å². The van der Waals surface area contributed by atoms with E-state index in [0.717, 1.165) is 16.7 Å². The lowest BCUT2D eigenvalue weighted by Crippen LogP contribution is -2.10. The first kappa shape index (κ1) is 16.7. The minimum Gasteiger partial charge on any atom is -0.462 e. The van der Waals surface area contributed by atoms with Gasteiger partial charge < -0.3 is 14.5 Å². The first-order valence-corrected chi connectivity index (χ1v) is 8.37. The van der Waals surface area contributed by atoms with Crippen LogP contribution in [-0.2, 0) is 4.74 Å². The number of carbonyl (C=O) groups is 2. The highest BCUT2D eigenvalue weighted by Gasteiger charge is 2.23. The van der Waals surface area contributed by atoms with E-state index in [0.29, 0.717) is 21.0 Å². The highest BCUT2D eigenvalue weighted by Crippen LogP contribution is 2.33. The number of rotatable bonds is 4. The van der Waals surface area contributed by atoms with Crippen molar-refractivity contribution in [3.05, 3.63) is 52.1 Å². The largest absolute Gasteiger partial charge is 0.462 e. The van der Waals surface area contributed by atoms with Crippen molar-refractivity contribution in [1.29, 1.82) is 5.26 Å². The highest BCUT2D eigenvalue weighted by atomic mass is 32.1. The predicted molar refractivity (Wildman–Crippen MR) is 93.9 cm³/mol. The molecule has 0 radical (unpaired) electrons. The molecule has 0 saturated carbocycles. The Morgan fingerprint density at radius 1 is 1.36 bits per heavy atom. The van der Waals surface area contributed by atoms with Gasteiger partial charge in [0.05, 0.1) is 12.2 Å². The summed E-state index contributed by atoms with van der Waals surface area (Å²) >= 11 is 1.02. The Kier molecular flexibility index (Phi) is 4.55. The Morgan fingerprint density at radius 2 is 2.12 bits per heavy atom. The van der Waals surface area contributed by atoms with Gasteiger partial charge in [-0.1, -0.05) is 18.2 Å². The van der Waals surface area contributed by atoms with Crippen LogP contribution in [0.3, 0.4) is 0 Å². The molecule has 1 N–H and O–H groups in total. The zero-order chi connectivity index (χ0) is 18.0. The number of amides is 1. The summed E-state index contributed by atoms with van der Waals surface area (Å²) < 4.78 is 10.5. The molecule has 1 aromatic carbocycles. The number of ether oxygens (including phenoxy) is 1. The number of nitrogens with one attached hydrogen (secondary N) is 1. The van der Waals surface area contributed by atoms with Crippen molar-refractivity contribution in [1.82, 2.24) is 0 Å². The molecule has 2 aromatic heterocycles. The molecule has 25 heavy (non-hydrogen) atoms. The first-order chi connectivity index (χ1) is 12.0. The number of nitrogens with zero attached hydrogens (tertiary/aromatic N) is 1. The molecule has 0 unspecified atom stereocenters. The fourth-order valence-corrected chi connectivity index (χ4v) is 3.43. The second-order valence-corrected chi connectivity index (χ2v) is 6.22. The van der Waals surface area contributed by atoms with E-state index in [1.54, 1.807) is 26.0 Å². The number of hydrogen-bond donors (Lipinski definition) is 1. The molecule has 7 heteroatoms. The first-order valence-electron chi connectivity index (χ1n) is 7.55. The zero-order valence-corrected chi connectivity index (χ0v) is 14.4. The van der Waals surface area contributed by atoms with Crippen molar-refractivity contribution in [2.75, 3.05) is 11.9 Å². The fraction of sp³-hybridized carbons (Fsp3) is 0.167. The number of anilines is 1. The van der Waals surface area contributed by atoms with Gasteiger partial charge in [-0.3, -0.25) is 4.79 Å². The Morgan fingerprint density at radius 3 is 2.80 bits per heavy atom. The second kappa shape index (κ2) is 6.79. The number of thiophene rings is 1. The van der Waals surface area contributed by atoms with Crippen LogP contribution in [0.2, 0.25) is 0 Å². The summed E-state index contributed by atoms with van der Waals surface area (Å²) in [7, 11) is 0. The molecule has 3 rings (SSSR count). The Bertz CT molecular complexity index is 977. The van der Waals surface area contributed by atoms with Crippen molar-refractivity contribution in [3.63, 3.8) is 0 Å². The van der Waals surface area contributed by atoms with Crippen LogP contribution in [0.1, 0.15) is 38.3 Å². The van der Waals surface area contributed by atoms with Gasteiger partial charge in [-0.25, -0.2) is 4.79 Å². The molecule has 0 bridgehead atoms. The van der Waals surface area contributed by atoms with E-state index in [1.807, 2.05) is 24.3 Å². The lowest BCUT2D eigenvalue weighted by Gasteiger charge is -2.00. The van der Waals surface area contributed by atoms with Crippen molar-refractivity contribution in [2.45, 2.75) is 13.8 Å². The van der Waals surface area contributed by atoms with Gasteiger partial charge in [-0.2, -0.15) is 5.26 Å². The molecule has 0 aliphatic rings. The number of fused-ring (bicyclic) bond motifs is 1. The molecule has 126 valence electrons. The van der Waals surface area contributed by atoms with E-state index in [2.05, 4.69) is 5.32 Å². The average molecular weight is 354 g/mol. The minimum absolute atomic E-state index is 0.133. The zero-order valence-electron chi connectivity index (χ0n) is 13.6. The van der Waals surface area contributed by atoms with E-state index >= 15 is 0 Å². The summed E-state index contributed by atoms with van der Waals surface area (Å²) in [6, 6.07) is 10.9. The van der Waals surface area contributed by atoms with E-state index < -0.39 is 11.9 Å². The third-order valence-corrected chi connectivity index (χ3v) is 4.78. The van der Waals surface area contributed by atoms with Gasteiger partial charge in [-0.15, -0.1) is 11.3 Å². The molecule has 0 aliphatic carbocycles. The van der Waals surface area contributed by atoms with Gasteiger partial charge in [0.25, 0.3) is 5.91 Å². The Hall–Kier alpha value is -3.11. The average Bonchev–Trinajstić information content (AvgIpc) is 3.16. The third-order valence-electron chi connectivity index (χ3n) is 3.60. The lowest BCUT2D eigenvalue weighted by molar-refractivity contribution is 0.0531. The summed E-state index contributed by atoms with van der Waals surface area (Å²) in [5.74, 6) is -0.857. The van der Waals surface area contributed by atoms with Crippen molar-refractivity contribution in [3.8, 4) is 6.07 Å². The molecule has 3 aromatic rings. The topological polar surface area (TPSA) is 92.3 Å². The highest BCUT2D eigenvalue weighted by molar-refractivity contribution is 7.18. The number of nitriles is 1. The van der Waals surface area contributed by atoms with Gasteiger partial charge in [0.15, 0.2) is 5.76 Å². The van der Waals surface area contributed by atoms with E-state index in [1.165, 1.54) is 0 Å². The Labute approximate surface area is 147 Å². The van der Waals surface area contributed by atoms with Crippen LogP contribution in [0.25, 0.3) is 11.0 Å². The van der Waals surface area contributed by atoms with Gasteiger partial charge >= 0.3 is 5.97 Å². The van der Waals surface area contributed by atoms with Crippen molar-refractivity contribution >= 4 is 39.2 Å². The molecular weight excluding hydrogens is 340 g/mol. The molecule has 0 atom stereocenters. The smallest absolute Gasteiger partial charge is 0.348 e. The number of carbonyl (C=O) groups excluding carboxylic acids is 2. The minimum atomic E-state index is -0.509. The van der Waals surface area contributed by atoms with Crippen LogP contribution in [0.5, 0.6) is 0 Å². The molecule has 2 heterocycles. The quantitative estimate of drug-likeness (QED) is 0.712. The molecule has 1 amide bonds. The Balaban J connectivity index is 1.91. The van der Waals surface area contributed by atoms with Crippen LogP contribution < -0.4 is 5.32 Å². The monoisotopic (exact) mass is 354 g/mol. The van der Waals surface area contributed by atoms with Crippen molar-refractivity contribution < 1.29 is 18.7 Å². The normalized spacial score (nSPS) is 10.4. The summed E-state index contributed by atoms with van der Waals surface area (Å²) in [6.07, 6.45) is 0. The fourth-order valence-electron chi connectivity index (χ4n) is 2.39. The molecular formula is C18H14N2O4S. The van der Waals surface area contributed by atoms with E-state index in [4.69, 9.17) is 9.15 Å². The summed E-state index contributed by atoms with van der Waals surface area (Å²) in [6.45, 7) is 3.59. The standard InChI is InChI=1S/C18H14N2O4S/c1-3-23-18(22)15-10(2)12(9-19)17(25-15)20-16(21)14-8-11-6-4-5-7-13(11)24-14/h4-8H,3H2,1-2H3,(H,20,21). The maximum atomic E-state index is 12.4. The van der Waals surface area contributed by atoms with Gasteiger partial charge in [0.2, 0.25) is 0 Å². The van der Waals surface area contributed by atoms with Crippen LogP contribution in [0, 0.1) is 18.3 Å². The summed E-state index contributed by atoms with van der Waals surface area (Å²) in [4.78, 5) is 24.7. The molecule has 0 fully saturated rings. The second-order valence-electron chi connectivity index (χ2n) is 5.20. The van der Waals surface area contributed by atoms with E-state index in [9.17, 15) is 14.9 Å². The SMILES string of the molecule is CCOC(=O)c1sc(NC(=O)c2cc3ccccc3o2)c(C#N)c1C. The molecule has 0 spiro atoms. The maximum Gasteiger partial charge on any atom is 0.348 e. The lowest BCUT2D eigenvalue weighted by atomic mass is 10.2. The number of hydrogen-bond acceptors (Lipinski definition) is 6. The van der Waals surface area contributed by atoms with Crippen LogP contribution >= 0.6 is 11.3 Å². The summed E-state index contributed by atoms with van der Waals surface area (Å²) in [5, 5.41) is 13.1. The molecule has 6 nitrogen and oxygen atoms in total. The molecule has 0 saturated heterocycles.